The van der Waals surface area contributed by atoms with Gasteiger partial charge in [0, 0.05) is 13.2 Å². The van der Waals surface area contributed by atoms with Crippen LogP contribution >= 0.6 is 0 Å². The Balaban J connectivity index is 1.89. The number of hydrogen-bond acceptors (Lipinski definition) is 4. The van der Waals surface area contributed by atoms with E-state index >= 15 is 0 Å². The molecule has 4 nitrogen and oxygen atoms in total. The van der Waals surface area contributed by atoms with E-state index < -0.39 is 0 Å². The molecule has 16 heavy (non-hydrogen) atoms. The van der Waals surface area contributed by atoms with Crippen LogP contribution in [0.25, 0.3) is 0 Å². The fraction of sp³-hybridized carbons (Fsp3) is 0.583. The zero-order chi connectivity index (χ0) is 11.4. The van der Waals surface area contributed by atoms with Gasteiger partial charge < -0.3 is 14.8 Å². The molecule has 1 aromatic rings. The lowest BCUT2D eigenvalue weighted by atomic mass is 10.0. The van der Waals surface area contributed by atoms with Gasteiger partial charge in [-0.15, -0.1) is 0 Å². The van der Waals surface area contributed by atoms with Gasteiger partial charge in [0.15, 0.2) is 0 Å². The van der Waals surface area contributed by atoms with Gasteiger partial charge in [-0.05, 0) is 31.9 Å². The Labute approximate surface area is 96.0 Å². The Hall–Kier alpha value is -1.29. The molecule has 4 heteroatoms. The molecule has 1 N–H and O–H groups in total. The molecular weight excluding hydrogens is 204 g/mol. The Kier molecular flexibility index (Phi) is 3.29. The van der Waals surface area contributed by atoms with Gasteiger partial charge in [0.2, 0.25) is 0 Å². The molecule has 2 heterocycles. The molecule has 1 fully saturated rings. The minimum atomic E-state index is -0.0401. The fourth-order valence-corrected chi connectivity index (χ4v) is 1.86. The molecule has 1 saturated heterocycles. The quantitative estimate of drug-likeness (QED) is 0.847. The molecule has 1 aliphatic heterocycles. The zero-order valence-corrected chi connectivity index (χ0v) is 9.82. The lowest BCUT2D eigenvalue weighted by Gasteiger charge is -2.23. The molecule has 0 bridgehead atoms. The van der Waals surface area contributed by atoms with Gasteiger partial charge in [-0.3, -0.25) is 0 Å². The number of aromatic nitrogens is 1. The summed E-state index contributed by atoms with van der Waals surface area (Å²) in [4.78, 5) is 4.25. The van der Waals surface area contributed by atoms with Crippen LogP contribution in [-0.2, 0) is 4.74 Å². The van der Waals surface area contributed by atoms with Crippen molar-refractivity contribution in [1.29, 1.82) is 0 Å². The smallest absolute Gasteiger partial charge is 0.137 e. The number of anilines is 1. The molecule has 1 aromatic heterocycles. The number of nitrogens with one attached hydrogen (secondary N) is 1. The van der Waals surface area contributed by atoms with Crippen molar-refractivity contribution in [2.24, 2.45) is 0 Å². The summed E-state index contributed by atoms with van der Waals surface area (Å²) in [5.74, 6) is 1.63. The monoisotopic (exact) mass is 222 g/mol. The van der Waals surface area contributed by atoms with Crippen molar-refractivity contribution < 1.29 is 9.47 Å². The summed E-state index contributed by atoms with van der Waals surface area (Å²) in [6.07, 6.45) is 3.96. The molecule has 88 valence electrons. The second-order valence-electron chi connectivity index (χ2n) is 4.34. The Morgan fingerprint density at radius 1 is 1.56 bits per heavy atom. The van der Waals surface area contributed by atoms with E-state index in [1.165, 1.54) is 0 Å². The van der Waals surface area contributed by atoms with E-state index in [0.29, 0.717) is 0 Å². The van der Waals surface area contributed by atoms with Gasteiger partial charge >= 0.3 is 0 Å². The molecule has 0 aliphatic carbocycles. The highest BCUT2D eigenvalue weighted by atomic mass is 16.5. The molecule has 1 aliphatic rings. The van der Waals surface area contributed by atoms with Gasteiger partial charge in [0.05, 0.1) is 18.9 Å². The predicted molar refractivity (Wildman–Crippen MR) is 62.9 cm³/mol. The molecular formula is C12H18N2O2. The largest absolute Gasteiger partial charge is 0.495 e. The molecule has 0 aromatic carbocycles. The predicted octanol–water partition coefficient (Wildman–Crippen LogP) is 2.07. The third-order valence-corrected chi connectivity index (χ3v) is 2.92. The molecule has 0 radical (unpaired) electrons. The molecule has 2 rings (SSSR count). The van der Waals surface area contributed by atoms with Gasteiger partial charge in [0.25, 0.3) is 0 Å². The maximum Gasteiger partial charge on any atom is 0.137 e. The first-order valence-electron chi connectivity index (χ1n) is 5.60. The number of rotatable bonds is 4. The normalized spacial score (nSPS) is 24.4. The summed E-state index contributed by atoms with van der Waals surface area (Å²) in [5, 5.41) is 3.29. The van der Waals surface area contributed by atoms with Crippen LogP contribution in [0.15, 0.2) is 18.3 Å². The van der Waals surface area contributed by atoms with Gasteiger partial charge in [-0.2, -0.15) is 0 Å². The highest BCUT2D eigenvalue weighted by Gasteiger charge is 2.29. The minimum absolute atomic E-state index is 0.0401. The lowest BCUT2D eigenvalue weighted by Crippen LogP contribution is -2.32. The second-order valence-corrected chi connectivity index (χ2v) is 4.34. The van der Waals surface area contributed by atoms with Gasteiger partial charge in [0.1, 0.15) is 11.6 Å². The highest BCUT2D eigenvalue weighted by molar-refractivity contribution is 5.37. The van der Waals surface area contributed by atoms with E-state index in [2.05, 4.69) is 17.2 Å². The average Bonchev–Trinajstić information content (AvgIpc) is 2.75. The number of hydrogen-bond donors (Lipinski definition) is 1. The van der Waals surface area contributed by atoms with E-state index in [1.54, 1.807) is 13.3 Å². The Morgan fingerprint density at radius 2 is 2.44 bits per heavy atom. The van der Waals surface area contributed by atoms with Crippen LogP contribution in [0.5, 0.6) is 5.75 Å². The molecule has 1 unspecified atom stereocenters. The summed E-state index contributed by atoms with van der Waals surface area (Å²) < 4.78 is 10.7. The van der Waals surface area contributed by atoms with Crippen LogP contribution in [0, 0.1) is 0 Å². The number of pyridine rings is 1. The van der Waals surface area contributed by atoms with E-state index in [0.717, 1.165) is 37.6 Å². The maximum atomic E-state index is 5.69. The maximum absolute atomic E-state index is 5.69. The van der Waals surface area contributed by atoms with Crippen molar-refractivity contribution in [3.8, 4) is 5.75 Å². The average molecular weight is 222 g/mol. The topological polar surface area (TPSA) is 43.4 Å². The zero-order valence-electron chi connectivity index (χ0n) is 9.82. The lowest BCUT2D eigenvalue weighted by molar-refractivity contribution is 0.0315. The standard InChI is InChI=1S/C12H18N2O2/c1-12(6-3-7-16-12)9-14-11-5-4-10(15-2)8-13-11/h4-5,8H,3,6-7,9H2,1-2H3,(H,13,14). The van der Waals surface area contributed by atoms with E-state index in [4.69, 9.17) is 9.47 Å². The number of ether oxygens (including phenoxy) is 2. The minimum Gasteiger partial charge on any atom is -0.495 e. The van der Waals surface area contributed by atoms with Crippen LogP contribution in [0.2, 0.25) is 0 Å². The molecule has 0 amide bonds. The van der Waals surface area contributed by atoms with E-state index in [9.17, 15) is 0 Å². The summed E-state index contributed by atoms with van der Waals surface area (Å²) in [6.45, 7) is 3.80. The van der Waals surface area contributed by atoms with Crippen LogP contribution in [0.3, 0.4) is 0 Å². The first-order chi connectivity index (χ1) is 7.72. The van der Waals surface area contributed by atoms with Crippen molar-refractivity contribution in [2.75, 3.05) is 25.6 Å². The van der Waals surface area contributed by atoms with Crippen LogP contribution in [0.1, 0.15) is 19.8 Å². The summed E-state index contributed by atoms with van der Waals surface area (Å²) in [7, 11) is 1.64. The summed E-state index contributed by atoms with van der Waals surface area (Å²) in [6, 6.07) is 3.81. The number of methoxy groups -OCH3 is 1. The van der Waals surface area contributed by atoms with Gasteiger partial charge in [-0.25, -0.2) is 4.98 Å². The summed E-state index contributed by atoms with van der Waals surface area (Å²) >= 11 is 0. The molecule has 1 atom stereocenters. The molecule has 0 spiro atoms. The first kappa shape index (κ1) is 11.2. The van der Waals surface area contributed by atoms with Crippen molar-refractivity contribution in [2.45, 2.75) is 25.4 Å². The fourth-order valence-electron chi connectivity index (χ4n) is 1.86. The Bertz CT molecular complexity index is 331. The van der Waals surface area contributed by atoms with Crippen molar-refractivity contribution in [3.63, 3.8) is 0 Å². The third kappa shape index (κ3) is 2.64. The van der Waals surface area contributed by atoms with Crippen LogP contribution < -0.4 is 10.1 Å². The first-order valence-corrected chi connectivity index (χ1v) is 5.60. The van der Waals surface area contributed by atoms with E-state index in [1.807, 2.05) is 12.1 Å². The SMILES string of the molecule is COc1ccc(NCC2(C)CCCO2)nc1. The van der Waals surface area contributed by atoms with Crippen LogP contribution in [0.4, 0.5) is 5.82 Å². The summed E-state index contributed by atoms with van der Waals surface area (Å²) in [5.41, 5.74) is -0.0401. The highest BCUT2D eigenvalue weighted by Crippen LogP contribution is 2.25. The van der Waals surface area contributed by atoms with Crippen molar-refractivity contribution >= 4 is 5.82 Å². The number of nitrogens with zero attached hydrogens (tertiary/aromatic N) is 1. The van der Waals surface area contributed by atoms with Crippen molar-refractivity contribution in [3.05, 3.63) is 18.3 Å². The second kappa shape index (κ2) is 4.70. The van der Waals surface area contributed by atoms with Crippen LogP contribution in [-0.4, -0.2) is 30.8 Å². The molecule has 0 saturated carbocycles. The van der Waals surface area contributed by atoms with Crippen molar-refractivity contribution in [1.82, 2.24) is 4.98 Å². The Morgan fingerprint density at radius 3 is 3.00 bits per heavy atom. The third-order valence-electron chi connectivity index (χ3n) is 2.92. The van der Waals surface area contributed by atoms with Gasteiger partial charge in [-0.1, -0.05) is 0 Å². The van der Waals surface area contributed by atoms with E-state index in [-0.39, 0.29) is 5.60 Å².